The third-order valence-electron chi connectivity index (χ3n) is 2.48. The summed E-state index contributed by atoms with van der Waals surface area (Å²) in [7, 11) is 0. The highest BCUT2D eigenvalue weighted by molar-refractivity contribution is 14.1. The SMILES string of the molecule is CCCOCCOCCOc1c(I)cc(I)c(C=O)c1I. The molecule has 1 aromatic carbocycles. The molecule has 21 heavy (non-hydrogen) atoms. The van der Waals surface area contributed by atoms with Crippen LogP contribution in [0.25, 0.3) is 0 Å². The van der Waals surface area contributed by atoms with Crippen LogP contribution >= 0.6 is 67.8 Å². The Morgan fingerprint density at radius 3 is 2.24 bits per heavy atom. The molecule has 0 saturated heterocycles. The number of aldehydes is 1. The summed E-state index contributed by atoms with van der Waals surface area (Å²) in [6.45, 7) is 4.99. The quantitative estimate of drug-likeness (QED) is 0.222. The van der Waals surface area contributed by atoms with E-state index in [2.05, 4.69) is 74.7 Å². The molecular formula is C14H17I3O4. The fraction of sp³-hybridized carbons (Fsp3) is 0.500. The normalized spacial score (nSPS) is 10.7. The molecule has 4 nitrogen and oxygen atoms in total. The van der Waals surface area contributed by atoms with Gasteiger partial charge in [-0.25, -0.2) is 0 Å². The van der Waals surface area contributed by atoms with E-state index in [0.717, 1.165) is 35.8 Å². The minimum absolute atomic E-state index is 0.457. The Labute approximate surface area is 166 Å². The van der Waals surface area contributed by atoms with Gasteiger partial charge in [0, 0.05) is 15.7 Å². The Kier molecular flexibility index (Phi) is 10.7. The molecule has 0 bridgehead atoms. The Morgan fingerprint density at radius 2 is 1.62 bits per heavy atom. The first-order valence-electron chi connectivity index (χ1n) is 6.52. The van der Waals surface area contributed by atoms with Gasteiger partial charge in [-0.1, -0.05) is 6.92 Å². The van der Waals surface area contributed by atoms with Crippen LogP contribution in [-0.2, 0) is 9.47 Å². The van der Waals surface area contributed by atoms with E-state index in [0.29, 0.717) is 32.0 Å². The third kappa shape index (κ3) is 6.83. The first-order chi connectivity index (χ1) is 10.1. The average molecular weight is 630 g/mol. The maximum Gasteiger partial charge on any atom is 0.152 e. The van der Waals surface area contributed by atoms with E-state index in [9.17, 15) is 4.79 Å². The number of halogens is 3. The predicted octanol–water partition coefficient (Wildman–Crippen LogP) is 4.13. The lowest BCUT2D eigenvalue weighted by molar-refractivity contribution is 0.0364. The van der Waals surface area contributed by atoms with E-state index in [-0.39, 0.29) is 0 Å². The van der Waals surface area contributed by atoms with E-state index >= 15 is 0 Å². The molecule has 0 atom stereocenters. The van der Waals surface area contributed by atoms with Gasteiger partial charge in [0.05, 0.1) is 27.0 Å². The average Bonchev–Trinajstić information content (AvgIpc) is 2.45. The van der Waals surface area contributed by atoms with E-state index in [1.165, 1.54) is 0 Å². The van der Waals surface area contributed by atoms with Gasteiger partial charge in [0.15, 0.2) is 6.29 Å². The van der Waals surface area contributed by atoms with Crippen LogP contribution in [0.3, 0.4) is 0 Å². The molecule has 0 spiro atoms. The topological polar surface area (TPSA) is 44.8 Å². The predicted molar refractivity (Wildman–Crippen MR) is 107 cm³/mol. The largest absolute Gasteiger partial charge is 0.489 e. The molecule has 0 aromatic heterocycles. The van der Waals surface area contributed by atoms with Gasteiger partial charge < -0.3 is 14.2 Å². The lowest BCUT2D eigenvalue weighted by atomic mass is 10.2. The number of rotatable bonds is 10. The second-order valence-corrected chi connectivity index (χ2v) is 7.49. The summed E-state index contributed by atoms with van der Waals surface area (Å²) < 4.78 is 19.3. The van der Waals surface area contributed by atoms with Crippen molar-refractivity contribution in [2.75, 3.05) is 33.0 Å². The maximum absolute atomic E-state index is 11.1. The summed E-state index contributed by atoms with van der Waals surface area (Å²) in [6, 6.07) is 1.95. The van der Waals surface area contributed by atoms with Gasteiger partial charge in [0.25, 0.3) is 0 Å². The van der Waals surface area contributed by atoms with Gasteiger partial charge >= 0.3 is 0 Å². The first kappa shape index (κ1) is 19.8. The van der Waals surface area contributed by atoms with Crippen molar-refractivity contribution >= 4 is 74.1 Å². The van der Waals surface area contributed by atoms with Crippen LogP contribution in [0.5, 0.6) is 5.75 Å². The van der Waals surface area contributed by atoms with Crippen molar-refractivity contribution in [3.05, 3.63) is 22.3 Å². The van der Waals surface area contributed by atoms with Crippen molar-refractivity contribution < 1.29 is 19.0 Å². The van der Waals surface area contributed by atoms with Gasteiger partial charge in [-0.05, 0) is 80.3 Å². The fourth-order valence-electron chi connectivity index (χ4n) is 1.50. The number of carbonyl (C=O) groups is 1. The Hall–Kier alpha value is 0.800. The molecule has 0 heterocycles. The van der Waals surface area contributed by atoms with E-state index in [1.807, 2.05) is 6.07 Å². The molecule has 0 aliphatic rings. The summed E-state index contributed by atoms with van der Waals surface area (Å²) in [5.74, 6) is 0.754. The highest BCUT2D eigenvalue weighted by atomic mass is 127. The molecule has 118 valence electrons. The number of ether oxygens (including phenoxy) is 3. The second kappa shape index (κ2) is 11.4. The lowest BCUT2D eigenvalue weighted by Crippen LogP contribution is -2.12. The molecular weight excluding hydrogens is 613 g/mol. The van der Waals surface area contributed by atoms with Gasteiger partial charge in [-0.3, -0.25) is 4.79 Å². The van der Waals surface area contributed by atoms with Crippen LogP contribution in [0.1, 0.15) is 23.7 Å². The van der Waals surface area contributed by atoms with E-state index in [1.54, 1.807) is 0 Å². The summed E-state index contributed by atoms with van der Waals surface area (Å²) in [5.41, 5.74) is 0.681. The van der Waals surface area contributed by atoms with E-state index < -0.39 is 0 Å². The zero-order valence-corrected chi connectivity index (χ0v) is 18.1. The van der Waals surface area contributed by atoms with Crippen molar-refractivity contribution in [2.24, 2.45) is 0 Å². The molecule has 7 heteroatoms. The van der Waals surface area contributed by atoms with Crippen molar-refractivity contribution in [3.8, 4) is 5.75 Å². The smallest absolute Gasteiger partial charge is 0.152 e. The molecule has 0 aliphatic carbocycles. The van der Waals surface area contributed by atoms with Crippen LogP contribution in [0.2, 0.25) is 0 Å². The molecule has 0 aliphatic heterocycles. The lowest BCUT2D eigenvalue weighted by Gasteiger charge is -2.13. The molecule has 0 amide bonds. The van der Waals surface area contributed by atoms with Crippen molar-refractivity contribution in [2.45, 2.75) is 13.3 Å². The summed E-state index contributed by atoms with van der Waals surface area (Å²) in [4.78, 5) is 11.1. The second-order valence-electron chi connectivity index (χ2n) is 4.09. The van der Waals surface area contributed by atoms with Crippen LogP contribution in [-0.4, -0.2) is 39.3 Å². The van der Waals surface area contributed by atoms with Gasteiger partial charge in [0.1, 0.15) is 12.4 Å². The standard InChI is InChI=1S/C14H17I3O4/c1-2-3-19-4-5-20-6-7-21-14-12(16)8-11(15)10(9-18)13(14)17/h8-9H,2-7H2,1H3. The van der Waals surface area contributed by atoms with Crippen molar-refractivity contribution in [1.82, 2.24) is 0 Å². The van der Waals surface area contributed by atoms with E-state index in [4.69, 9.17) is 14.2 Å². The zero-order chi connectivity index (χ0) is 15.7. The summed E-state index contributed by atoms with van der Waals surface area (Å²) in [6.07, 6.45) is 1.89. The molecule has 0 fully saturated rings. The molecule has 1 aromatic rings. The number of benzene rings is 1. The van der Waals surface area contributed by atoms with Crippen molar-refractivity contribution in [1.29, 1.82) is 0 Å². The Balaban J connectivity index is 2.40. The summed E-state index contributed by atoms with van der Waals surface area (Å²) >= 11 is 6.53. The molecule has 0 unspecified atom stereocenters. The molecule has 0 radical (unpaired) electrons. The Bertz CT molecular complexity index is 466. The Morgan fingerprint density at radius 1 is 1.00 bits per heavy atom. The van der Waals surface area contributed by atoms with Crippen LogP contribution in [0.15, 0.2) is 6.07 Å². The summed E-state index contributed by atoms with van der Waals surface area (Å²) in [5, 5.41) is 0. The minimum atomic E-state index is 0.457. The fourth-order valence-corrected chi connectivity index (χ4v) is 5.43. The highest BCUT2D eigenvalue weighted by Gasteiger charge is 2.14. The maximum atomic E-state index is 11.1. The van der Waals surface area contributed by atoms with Crippen LogP contribution < -0.4 is 4.74 Å². The third-order valence-corrected chi connectivity index (χ3v) is 5.24. The molecule has 1 rings (SSSR count). The van der Waals surface area contributed by atoms with Crippen LogP contribution in [0.4, 0.5) is 0 Å². The minimum Gasteiger partial charge on any atom is -0.489 e. The first-order valence-corrected chi connectivity index (χ1v) is 9.76. The van der Waals surface area contributed by atoms with Crippen molar-refractivity contribution in [3.63, 3.8) is 0 Å². The zero-order valence-electron chi connectivity index (χ0n) is 11.7. The molecule has 0 saturated carbocycles. The monoisotopic (exact) mass is 630 g/mol. The van der Waals surface area contributed by atoms with Crippen LogP contribution in [0, 0.1) is 10.7 Å². The number of hydrogen-bond donors (Lipinski definition) is 0. The number of hydrogen-bond acceptors (Lipinski definition) is 4. The van der Waals surface area contributed by atoms with Gasteiger partial charge in [-0.15, -0.1) is 0 Å². The van der Waals surface area contributed by atoms with Gasteiger partial charge in [0.2, 0.25) is 0 Å². The highest BCUT2D eigenvalue weighted by Crippen LogP contribution is 2.32. The molecule has 0 N–H and O–H groups in total. The van der Waals surface area contributed by atoms with Gasteiger partial charge in [-0.2, -0.15) is 0 Å². The number of carbonyl (C=O) groups excluding carboxylic acids is 1.